The van der Waals surface area contributed by atoms with Crippen LogP contribution in [0, 0.1) is 24.0 Å². The van der Waals surface area contributed by atoms with E-state index in [1.807, 2.05) is 32.0 Å². The number of nitro benzene ring substituents is 1. The number of amides is 2. The predicted molar refractivity (Wildman–Crippen MR) is 105 cm³/mol. The fourth-order valence-corrected chi connectivity index (χ4v) is 3.31. The quantitative estimate of drug-likeness (QED) is 0.300. The maximum atomic E-state index is 12.9. The number of rotatable bonds is 3. The Balaban J connectivity index is 1.85. The third-order valence-corrected chi connectivity index (χ3v) is 4.77. The first-order valence-corrected chi connectivity index (χ1v) is 8.58. The van der Waals surface area contributed by atoms with Crippen LogP contribution in [0.3, 0.4) is 0 Å². The molecule has 0 unspecified atom stereocenters. The van der Waals surface area contributed by atoms with Crippen molar-refractivity contribution in [2.45, 2.75) is 13.8 Å². The van der Waals surface area contributed by atoms with E-state index in [2.05, 4.69) is 5.10 Å². The third kappa shape index (κ3) is 2.73. The topological polar surface area (TPSA) is 92.9 Å². The zero-order valence-corrected chi connectivity index (χ0v) is 15.2. The number of non-ortho nitro benzene ring substituents is 1. The molecule has 0 fully saturated rings. The predicted octanol–water partition coefficient (Wildman–Crippen LogP) is 3.99. The van der Waals surface area contributed by atoms with Crippen molar-refractivity contribution in [2.75, 3.05) is 0 Å². The van der Waals surface area contributed by atoms with Crippen molar-refractivity contribution < 1.29 is 14.5 Å². The Bertz CT molecular complexity index is 1210. The Labute approximate surface area is 160 Å². The van der Waals surface area contributed by atoms with E-state index in [9.17, 15) is 19.7 Å². The molecule has 0 saturated carbocycles. The van der Waals surface area contributed by atoms with Gasteiger partial charge >= 0.3 is 0 Å². The summed E-state index contributed by atoms with van der Waals surface area (Å²) in [7, 11) is 0. The zero-order valence-electron chi connectivity index (χ0n) is 15.2. The van der Waals surface area contributed by atoms with Gasteiger partial charge in [-0.05, 0) is 36.4 Å². The maximum absolute atomic E-state index is 12.9. The average Bonchev–Trinajstić information content (AvgIpc) is 2.67. The summed E-state index contributed by atoms with van der Waals surface area (Å²) >= 11 is 0. The number of imide groups is 1. The van der Waals surface area contributed by atoms with Crippen molar-refractivity contribution in [3.8, 4) is 0 Å². The second kappa shape index (κ2) is 6.38. The Morgan fingerprint density at radius 1 is 1.00 bits per heavy atom. The molecule has 4 rings (SSSR count). The van der Waals surface area contributed by atoms with Crippen molar-refractivity contribution in [1.82, 2.24) is 5.01 Å². The molecule has 1 aliphatic rings. The largest absolute Gasteiger partial charge is 0.282 e. The number of benzene rings is 3. The Morgan fingerprint density at radius 3 is 2.50 bits per heavy atom. The zero-order chi connectivity index (χ0) is 20.0. The van der Waals surface area contributed by atoms with E-state index in [4.69, 9.17) is 0 Å². The highest BCUT2D eigenvalue weighted by atomic mass is 16.6. The molecular formula is C21H15N3O4. The Hall–Kier alpha value is -3.87. The standard InChI is InChI=1S/C21H15N3O4/c1-12-6-7-13(2)15(8-12)11-22-23-20(25)17-5-3-4-14-9-16(24(27)28)10-18(19(14)17)21(23)26/h3-11H,1-2H3. The van der Waals surface area contributed by atoms with Gasteiger partial charge in [0, 0.05) is 17.5 Å². The molecule has 2 amide bonds. The highest BCUT2D eigenvalue weighted by Gasteiger charge is 2.34. The molecule has 0 saturated heterocycles. The second-order valence-corrected chi connectivity index (χ2v) is 6.68. The van der Waals surface area contributed by atoms with Crippen molar-refractivity contribution in [1.29, 1.82) is 0 Å². The number of nitro groups is 1. The molecule has 7 nitrogen and oxygen atoms in total. The molecule has 7 heteroatoms. The van der Waals surface area contributed by atoms with Crippen molar-refractivity contribution in [2.24, 2.45) is 5.10 Å². The number of hydrogen-bond acceptors (Lipinski definition) is 5. The molecule has 0 spiro atoms. The third-order valence-electron chi connectivity index (χ3n) is 4.77. The summed E-state index contributed by atoms with van der Waals surface area (Å²) in [6.45, 7) is 3.84. The minimum absolute atomic E-state index is 0.0949. The highest BCUT2D eigenvalue weighted by Crippen LogP contribution is 2.33. The summed E-state index contributed by atoms with van der Waals surface area (Å²) in [5.74, 6) is -1.24. The lowest BCUT2D eigenvalue weighted by molar-refractivity contribution is -0.384. The smallest absolute Gasteiger partial charge is 0.267 e. The number of nitrogens with zero attached hydrogens (tertiary/aromatic N) is 3. The lowest BCUT2D eigenvalue weighted by atomic mass is 9.94. The molecule has 1 aliphatic heterocycles. The molecule has 138 valence electrons. The molecule has 1 heterocycles. The van der Waals surface area contributed by atoms with Crippen LogP contribution >= 0.6 is 0 Å². The van der Waals surface area contributed by atoms with Crippen LogP contribution in [0.15, 0.2) is 53.6 Å². The van der Waals surface area contributed by atoms with Gasteiger partial charge in [0.15, 0.2) is 0 Å². The first-order valence-electron chi connectivity index (χ1n) is 8.58. The van der Waals surface area contributed by atoms with E-state index in [0.29, 0.717) is 16.3 Å². The minimum atomic E-state index is -0.682. The number of hydrazone groups is 1. The SMILES string of the molecule is Cc1ccc(C)c(C=NN2C(=O)c3cccc4cc([N+](=O)[O-])cc(c34)C2=O)c1. The van der Waals surface area contributed by atoms with Crippen LogP contribution in [0.5, 0.6) is 0 Å². The average molecular weight is 373 g/mol. The van der Waals surface area contributed by atoms with Crippen LogP contribution in [-0.2, 0) is 0 Å². The van der Waals surface area contributed by atoms with E-state index in [1.165, 1.54) is 18.3 Å². The first-order chi connectivity index (χ1) is 13.4. The minimum Gasteiger partial charge on any atom is -0.267 e. The fourth-order valence-electron chi connectivity index (χ4n) is 3.31. The number of carbonyl (C=O) groups is 2. The summed E-state index contributed by atoms with van der Waals surface area (Å²) in [6, 6.07) is 13.2. The summed E-state index contributed by atoms with van der Waals surface area (Å²) in [5.41, 5.74) is 2.93. The number of aryl methyl sites for hydroxylation is 2. The monoisotopic (exact) mass is 373 g/mol. The summed E-state index contributed by atoms with van der Waals surface area (Å²) in [4.78, 5) is 36.5. The van der Waals surface area contributed by atoms with Gasteiger partial charge in [-0.15, -0.1) is 0 Å². The molecule has 0 aliphatic carbocycles. The van der Waals surface area contributed by atoms with E-state index >= 15 is 0 Å². The van der Waals surface area contributed by atoms with Crippen molar-refractivity contribution >= 4 is 34.5 Å². The van der Waals surface area contributed by atoms with Gasteiger partial charge in [0.25, 0.3) is 17.5 Å². The molecule has 0 radical (unpaired) electrons. The number of carbonyl (C=O) groups excluding carboxylic acids is 2. The molecular weight excluding hydrogens is 358 g/mol. The van der Waals surface area contributed by atoms with Gasteiger partial charge in [-0.25, -0.2) is 0 Å². The van der Waals surface area contributed by atoms with Crippen LogP contribution in [0.1, 0.15) is 37.4 Å². The van der Waals surface area contributed by atoms with Gasteiger partial charge < -0.3 is 0 Å². The van der Waals surface area contributed by atoms with Crippen LogP contribution < -0.4 is 0 Å². The van der Waals surface area contributed by atoms with Crippen LogP contribution in [0.4, 0.5) is 5.69 Å². The summed E-state index contributed by atoms with van der Waals surface area (Å²) < 4.78 is 0. The van der Waals surface area contributed by atoms with Gasteiger partial charge in [-0.1, -0.05) is 35.9 Å². The second-order valence-electron chi connectivity index (χ2n) is 6.68. The van der Waals surface area contributed by atoms with Gasteiger partial charge in [0.2, 0.25) is 0 Å². The van der Waals surface area contributed by atoms with Crippen molar-refractivity contribution in [3.63, 3.8) is 0 Å². The normalized spacial score (nSPS) is 13.6. The summed E-state index contributed by atoms with van der Waals surface area (Å²) in [6.07, 6.45) is 1.46. The highest BCUT2D eigenvalue weighted by molar-refractivity contribution is 6.25. The van der Waals surface area contributed by atoms with E-state index in [-0.39, 0.29) is 11.3 Å². The van der Waals surface area contributed by atoms with E-state index < -0.39 is 16.7 Å². The lowest BCUT2D eigenvalue weighted by Gasteiger charge is -2.23. The van der Waals surface area contributed by atoms with E-state index in [0.717, 1.165) is 21.7 Å². The van der Waals surface area contributed by atoms with Gasteiger partial charge in [0.05, 0.1) is 22.3 Å². The van der Waals surface area contributed by atoms with Gasteiger partial charge in [0.1, 0.15) is 0 Å². The molecule has 3 aromatic rings. The van der Waals surface area contributed by atoms with Crippen LogP contribution in [-0.4, -0.2) is 28.0 Å². The molecule has 0 atom stereocenters. The van der Waals surface area contributed by atoms with Crippen LogP contribution in [0.25, 0.3) is 10.8 Å². The van der Waals surface area contributed by atoms with Gasteiger partial charge in [-0.2, -0.15) is 10.1 Å². The molecule has 0 N–H and O–H groups in total. The molecule has 0 bridgehead atoms. The molecule has 28 heavy (non-hydrogen) atoms. The fraction of sp³-hybridized carbons (Fsp3) is 0.0952. The Morgan fingerprint density at radius 2 is 1.75 bits per heavy atom. The van der Waals surface area contributed by atoms with Crippen LogP contribution in [0.2, 0.25) is 0 Å². The maximum Gasteiger partial charge on any atom is 0.282 e. The first kappa shape index (κ1) is 17.5. The van der Waals surface area contributed by atoms with Gasteiger partial charge in [-0.3, -0.25) is 19.7 Å². The molecule has 3 aromatic carbocycles. The summed E-state index contributed by atoms with van der Waals surface area (Å²) in [5, 5.41) is 17.0. The van der Waals surface area contributed by atoms with Crippen molar-refractivity contribution in [3.05, 3.63) is 86.5 Å². The van der Waals surface area contributed by atoms with E-state index in [1.54, 1.807) is 18.2 Å². The lowest BCUT2D eigenvalue weighted by Crippen LogP contribution is -2.36. The number of hydrogen-bond donors (Lipinski definition) is 0. The molecule has 0 aromatic heterocycles. The Kier molecular flexibility index (Phi) is 4.00.